The van der Waals surface area contributed by atoms with Gasteiger partial charge in [0.2, 0.25) is 0 Å². The Bertz CT molecular complexity index is 1420. The first-order chi connectivity index (χ1) is 17.8. The van der Waals surface area contributed by atoms with Crippen LogP contribution in [0.25, 0.3) is 17.1 Å². The van der Waals surface area contributed by atoms with Crippen molar-refractivity contribution in [3.8, 4) is 0 Å². The number of carbonyl (C=O) groups is 1. The van der Waals surface area contributed by atoms with E-state index < -0.39 is 6.10 Å². The fourth-order valence-electron chi connectivity index (χ4n) is 9.03. The predicted octanol–water partition coefficient (Wildman–Crippen LogP) is 5.69. The first kappa shape index (κ1) is 23.7. The topological polar surface area (TPSA) is 81.2 Å². The van der Waals surface area contributed by atoms with Gasteiger partial charge in [0.15, 0.2) is 10.9 Å². The molecule has 0 amide bonds. The Labute approximate surface area is 221 Å². The van der Waals surface area contributed by atoms with Gasteiger partial charge in [-0.05, 0) is 85.3 Å². The maximum atomic E-state index is 13.7. The average Bonchev–Trinajstić information content (AvgIpc) is 3.55. The first-order valence-corrected chi connectivity index (χ1v) is 14.7. The van der Waals surface area contributed by atoms with Gasteiger partial charge in [0.1, 0.15) is 5.78 Å². The molecule has 2 aromatic heterocycles. The maximum absolute atomic E-state index is 13.7. The number of Topliss-reactive ketones (excluding diaryl/α,β-unsaturated/α-hetero) is 1. The molecule has 194 valence electrons. The van der Waals surface area contributed by atoms with E-state index in [1.165, 1.54) is 5.57 Å². The lowest BCUT2D eigenvalue weighted by Crippen LogP contribution is -2.57. The third kappa shape index (κ3) is 3.39. The molecule has 3 saturated carbocycles. The number of thioether (sulfide) groups is 1. The molecular formula is C30H35N3O3S. The number of ketones is 1. The average molecular weight is 518 g/mol. The van der Waals surface area contributed by atoms with Crippen LogP contribution in [-0.2, 0) is 18.3 Å². The highest BCUT2D eigenvalue weighted by Gasteiger charge is 2.63. The summed E-state index contributed by atoms with van der Waals surface area (Å²) in [5.41, 5.74) is 4.41. The van der Waals surface area contributed by atoms with Gasteiger partial charge in [0, 0.05) is 18.5 Å². The number of benzene rings is 1. The van der Waals surface area contributed by atoms with E-state index in [1.54, 1.807) is 11.8 Å². The van der Waals surface area contributed by atoms with Gasteiger partial charge in [-0.1, -0.05) is 48.5 Å². The molecule has 3 unspecified atom stereocenters. The molecule has 4 aliphatic carbocycles. The van der Waals surface area contributed by atoms with E-state index >= 15 is 0 Å². The molecule has 37 heavy (non-hydrogen) atoms. The largest absolute Gasteiger partial charge is 0.393 e. The molecule has 0 saturated heterocycles. The van der Waals surface area contributed by atoms with E-state index in [9.17, 15) is 9.90 Å². The number of imidazole rings is 1. The van der Waals surface area contributed by atoms with Crippen LogP contribution in [0.15, 0.2) is 45.7 Å². The zero-order valence-corrected chi connectivity index (χ0v) is 22.6. The number of fused-ring (bicyclic) bond motifs is 7. The molecule has 7 rings (SSSR count). The highest BCUT2D eigenvalue weighted by molar-refractivity contribution is 7.99. The number of nitrogens with zero attached hydrogens (tertiary/aromatic N) is 3. The molecule has 0 bridgehead atoms. The highest BCUT2D eigenvalue weighted by atomic mass is 32.2. The Morgan fingerprint density at radius 2 is 2.08 bits per heavy atom. The zero-order chi connectivity index (χ0) is 25.5. The van der Waals surface area contributed by atoms with Crippen molar-refractivity contribution in [2.45, 2.75) is 63.6 Å². The fraction of sp³-hybridized carbons (Fsp3) is 0.567. The number of hydrogen-bond acceptors (Lipinski definition) is 6. The second-order valence-corrected chi connectivity index (χ2v) is 13.4. The normalized spacial score (nSPS) is 36.4. The summed E-state index contributed by atoms with van der Waals surface area (Å²) in [4.78, 5) is 18.5. The summed E-state index contributed by atoms with van der Waals surface area (Å²) >= 11 is 1.56. The number of para-hydroxylation sites is 2. The third-order valence-corrected chi connectivity index (χ3v) is 11.7. The summed E-state index contributed by atoms with van der Waals surface area (Å²) < 4.78 is 7.57. The van der Waals surface area contributed by atoms with Crippen LogP contribution in [0.3, 0.4) is 0 Å². The van der Waals surface area contributed by atoms with E-state index in [2.05, 4.69) is 35.7 Å². The minimum atomic E-state index is -0.401. The molecule has 7 atom stereocenters. The lowest BCUT2D eigenvalue weighted by Gasteiger charge is -2.59. The van der Waals surface area contributed by atoms with Crippen molar-refractivity contribution in [1.82, 2.24) is 14.7 Å². The van der Waals surface area contributed by atoms with Crippen molar-refractivity contribution in [3.63, 3.8) is 0 Å². The number of rotatable bonds is 4. The number of aliphatic hydroxyl groups is 1. The van der Waals surface area contributed by atoms with E-state index in [-0.39, 0.29) is 22.7 Å². The van der Waals surface area contributed by atoms with Crippen molar-refractivity contribution in [3.05, 3.63) is 47.4 Å². The molecule has 7 heteroatoms. The summed E-state index contributed by atoms with van der Waals surface area (Å²) in [5, 5.41) is 16.7. The van der Waals surface area contributed by atoms with Crippen molar-refractivity contribution < 1.29 is 14.4 Å². The Kier molecular flexibility index (Phi) is 5.33. The van der Waals surface area contributed by atoms with E-state index in [0.717, 1.165) is 59.6 Å². The minimum absolute atomic E-state index is 0.0102. The number of carbonyl (C=O) groups excluding carboxylic acids is 1. The molecule has 0 spiro atoms. The highest BCUT2D eigenvalue weighted by Crippen LogP contribution is 2.66. The molecule has 1 aromatic carbocycles. The first-order valence-electron chi connectivity index (χ1n) is 13.7. The summed E-state index contributed by atoms with van der Waals surface area (Å²) in [7, 11) is 2.02. The van der Waals surface area contributed by atoms with Crippen LogP contribution in [0.1, 0.15) is 57.3 Å². The molecule has 3 fully saturated rings. The fourth-order valence-corrected chi connectivity index (χ4v) is 9.96. The van der Waals surface area contributed by atoms with Crippen LogP contribution >= 0.6 is 11.8 Å². The number of aliphatic hydroxyl groups excluding tert-OH is 1. The van der Waals surface area contributed by atoms with Gasteiger partial charge < -0.3 is 14.2 Å². The third-order valence-electron chi connectivity index (χ3n) is 10.7. The predicted molar refractivity (Wildman–Crippen MR) is 144 cm³/mol. The second-order valence-electron chi connectivity index (χ2n) is 12.4. The number of aryl methyl sites for hydroxylation is 1. The second kappa shape index (κ2) is 8.31. The van der Waals surface area contributed by atoms with Gasteiger partial charge in [-0.15, -0.1) is 0 Å². The van der Waals surface area contributed by atoms with E-state index in [4.69, 9.17) is 9.51 Å². The standard InChI is InChI=1S/C30H35N3O3S/c1-29-13-17-15-31-36-26(17)12-18(29)8-9-19-20-10-11-21(30(20,2)14-24(34)27(19)29)25(35)16-37-28-32-22-6-4-5-7-23(22)33(28)3/h4-7,12,15,19-21,24,27,34H,8-11,13-14,16H2,1-3H3/t19?,20?,21-,24+,27?,29+,30+/m1/s1. The number of allylic oxidation sites excluding steroid dienone is 1. The van der Waals surface area contributed by atoms with Gasteiger partial charge in [-0.25, -0.2) is 4.98 Å². The maximum Gasteiger partial charge on any atom is 0.169 e. The number of hydrogen-bond donors (Lipinski definition) is 1. The summed E-state index contributed by atoms with van der Waals surface area (Å²) in [6.45, 7) is 4.65. The summed E-state index contributed by atoms with van der Waals surface area (Å²) in [6.07, 6.45) is 9.40. The van der Waals surface area contributed by atoms with Crippen LogP contribution in [0.5, 0.6) is 0 Å². The van der Waals surface area contributed by atoms with Crippen molar-refractivity contribution in [1.29, 1.82) is 0 Å². The quantitative estimate of drug-likeness (QED) is 0.448. The minimum Gasteiger partial charge on any atom is -0.393 e. The monoisotopic (exact) mass is 517 g/mol. The Hall–Kier alpha value is -2.38. The van der Waals surface area contributed by atoms with Gasteiger partial charge in [0.25, 0.3) is 0 Å². The van der Waals surface area contributed by atoms with E-state index in [0.29, 0.717) is 29.8 Å². The van der Waals surface area contributed by atoms with Gasteiger partial charge in [-0.3, -0.25) is 4.79 Å². The molecule has 4 aliphatic rings. The van der Waals surface area contributed by atoms with Gasteiger partial charge in [-0.2, -0.15) is 0 Å². The Morgan fingerprint density at radius 3 is 2.92 bits per heavy atom. The lowest BCUT2D eigenvalue weighted by molar-refractivity contribution is -0.140. The molecule has 1 N–H and O–H groups in total. The van der Waals surface area contributed by atoms with Crippen molar-refractivity contribution in [2.24, 2.45) is 41.5 Å². The molecule has 3 aromatic rings. The Balaban J connectivity index is 1.12. The molecule has 6 nitrogen and oxygen atoms in total. The van der Waals surface area contributed by atoms with Crippen LogP contribution in [-0.4, -0.2) is 37.5 Å². The molecule has 0 radical (unpaired) electrons. The smallest absolute Gasteiger partial charge is 0.169 e. The lowest BCUT2D eigenvalue weighted by atomic mass is 9.46. The van der Waals surface area contributed by atoms with Gasteiger partial charge >= 0.3 is 0 Å². The van der Waals surface area contributed by atoms with Gasteiger partial charge in [0.05, 0.1) is 29.1 Å². The molecule has 0 aliphatic heterocycles. The Morgan fingerprint density at radius 1 is 1.24 bits per heavy atom. The van der Waals surface area contributed by atoms with Crippen molar-refractivity contribution in [2.75, 3.05) is 5.75 Å². The molecular weight excluding hydrogens is 482 g/mol. The van der Waals surface area contributed by atoms with Crippen molar-refractivity contribution >= 4 is 34.7 Å². The van der Waals surface area contributed by atoms with Crippen LogP contribution in [0.4, 0.5) is 0 Å². The zero-order valence-electron chi connectivity index (χ0n) is 21.8. The number of aromatic nitrogens is 3. The van der Waals surface area contributed by atoms with Crippen LogP contribution in [0.2, 0.25) is 0 Å². The molecule has 2 heterocycles. The van der Waals surface area contributed by atoms with E-state index in [1.807, 2.05) is 31.4 Å². The SMILES string of the molecule is Cn1c(SCC(=O)[C@H]2CCC3C4CCC5=Cc6oncc6C[C@]5(C)C4[C@@H](O)C[C@@]32C)nc2ccccc21. The summed E-state index contributed by atoms with van der Waals surface area (Å²) in [5.74, 6) is 2.82. The van der Waals surface area contributed by atoms with Crippen LogP contribution < -0.4 is 0 Å². The summed E-state index contributed by atoms with van der Waals surface area (Å²) in [6, 6.07) is 8.11. The van der Waals surface area contributed by atoms with Crippen LogP contribution in [0, 0.1) is 34.5 Å².